The van der Waals surface area contributed by atoms with Gasteiger partial charge in [-0.15, -0.1) is 0 Å². The molecule has 3 rings (SSSR count). The average molecular weight is 2030 g/mol. The molecular weight excluding hydrogens is 1890 g/mol. The van der Waals surface area contributed by atoms with Crippen molar-refractivity contribution in [3.8, 4) is 5.75 Å². The number of aliphatic hydroxyl groups is 5. The van der Waals surface area contributed by atoms with Gasteiger partial charge in [0.05, 0.1) is 64.4 Å². The Balaban J connectivity index is 1.71. The molecular formula is C89H139N23O31. The number of nitrogens with zero attached hydrogens (tertiary/aromatic N) is 1. The van der Waals surface area contributed by atoms with Crippen LogP contribution in [0.5, 0.6) is 5.75 Å². The predicted octanol–water partition coefficient (Wildman–Crippen LogP) is -11.0. The van der Waals surface area contributed by atoms with Gasteiger partial charge in [0.25, 0.3) is 0 Å². The first-order chi connectivity index (χ1) is 67.0. The number of aliphatic carboxylic acids is 3. The lowest BCUT2D eigenvalue weighted by molar-refractivity contribution is -0.144. The van der Waals surface area contributed by atoms with Gasteiger partial charge < -0.3 is 164 Å². The van der Waals surface area contributed by atoms with E-state index in [-0.39, 0.29) is 76.2 Å². The smallest absolute Gasteiger partial charge is 0.326 e. The van der Waals surface area contributed by atoms with Crippen LogP contribution < -0.4 is 113 Å². The molecule has 143 heavy (non-hydrogen) atoms. The molecule has 0 bridgehead atoms. The number of carbonyl (C=O) groups excluding carboxylic acids is 19. The predicted molar refractivity (Wildman–Crippen MR) is 503 cm³/mol. The number of nitrogens with one attached hydrogen (secondary N) is 19. The normalized spacial score (nSPS) is 16.3. The lowest BCUT2D eigenvalue weighted by Gasteiger charge is -2.31. The molecule has 1 aliphatic rings. The van der Waals surface area contributed by atoms with Gasteiger partial charge in [0.1, 0.15) is 108 Å². The van der Waals surface area contributed by atoms with Gasteiger partial charge in [-0.1, -0.05) is 118 Å². The largest absolute Gasteiger partial charge is 0.508 e. The number of guanidine groups is 1. The van der Waals surface area contributed by atoms with Crippen molar-refractivity contribution in [1.29, 1.82) is 5.41 Å². The number of phenols is 1. The fourth-order valence-corrected chi connectivity index (χ4v) is 14.3. The van der Waals surface area contributed by atoms with Crippen LogP contribution in [0.15, 0.2) is 54.6 Å². The second-order valence-corrected chi connectivity index (χ2v) is 35.8. The summed E-state index contributed by atoms with van der Waals surface area (Å²) in [5, 5.41) is 141. The van der Waals surface area contributed by atoms with Crippen LogP contribution in [-0.4, -0.2) is 348 Å². The minimum Gasteiger partial charge on any atom is -0.508 e. The number of hydrogen-bond acceptors (Lipinski definition) is 30. The fraction of sp³-hybridized carbons (Fsp3) is 0.607. The lowest BCUT2D eigenvalue weighted by atomic mass is 9.96. The molecule has 19 amide bonds. The maximum atomic E-state index is 14.5. The van der Waals surface area contributed by atoms with E-state index >= 15 is 0 Å². The molecule has 54 nitrogen and oxygen atoms in total. The summed E-state index contributed by atoms with van der Waals surface area (Å²) in [6.45, 7) is 11.6. The second kappa shape index (κ2) is 60.7. The topological polar surface area (TPSA) is 879 Å². The first-order valence-corrected chi connectivity index (χ1v) is 46.2. The Morgan fingerprint density at radius 3 is 1.29 bits per heavy atom. The van der Waals surface area contributed by atoms with Crippen LogP contribution >= 0.6 is 0 Å². The highest BCUT2D eigenvalue weighted by atomic mass is 16.4. The Labute approximate surface area is 823 Å². The first-order valence-electron chi connectivity index (χ1n) is 46.2. The van der Waals surface area contributed by atoms with E-state index in [1.54, 1.807) is 58.0 Å². The van der Waals surface area contributed by atoms with Crippen LogP contribution in [0.25, 0.3) is 0 Å². The van der Waals surface area contributed by atoms with E-state index in [4.69, 9.17) is 22.6 Å². The summed E-state index contributed by atoms with van der Waals surface area (Å²) in [7, 11) is 0. The molecule has 2 aromatic rings. The van der Waals surface area contributed by atoms with E-state index in [1.165, 1.54) is 72.7 Å². The zero-order chi connectivity index (χ0) is 108. The summed E-state index contributed by atoms with van der Waals surface area (Å²) in [5.74, 6) is -30.4. The van der Waals surface area contributed by atoms with Gasteiger partial charge in [-0.2, -0.15) is 0 Å². The van der Waals surface area contributed by atoms with Crippen molar-refractivity contribution in [3.05, 3.63) is 65.7 Å². The highest BCUT2D eigenvalue weighted by Crippen LogP contribution is 2.23. The van der Waals surface area contributed by atoms with Crippen LogP contribution in [0.4, 0.5) is 0 Å². The zero-order valence-electron chi connectivity index (χ0n) is 81.5. The highest BCUT2D eigenvalue weighted by molar-refractivity contribution is 6.03. The van der Waals surface area contributed by atoms with Crippen LogP contribution in [-0.2, 0) is 118 Å². The maximum Gasteiger partial charge on any atom is 0.326 e. The van der Waals surface area contributed by atoms with Crippen LogP contribution in [0.3, 0.4) is 0 Å². The number of aromatic hydroxyl groups is 1. The summed E-state index contributed by atoms with van der Waals surface area (Å²) < 4.78 is 0. The molecule has 0 aromatic heterocycles. The van der Waals surface area contributed by atoms with Gasteiger partial charge in [0.2, 0.25) is 112 Å². The average Bonchev–Trinajstić information content (AvgIpc) is 1.75. The third kappa shape index (κ3) is 41.7. The lowest BCUT2D eigenvalue weighted by Crippen LogP contribution is -2.63. The number of carboxylic acid groups (broad SMARTS) is 3. The van der Waals surface area contributed by atoms with Crippen molar-refractivity contribution < 1.29 is 151 Å². The van der Waals surface area contributed by atoms with E-state index in [0.29, 0.717) is 11.1 Å². The Kier molecular flexibility index (Phi) is 52.1. The van der Waals surface area contributed by atoms with Crippen LogP contribution in [0.1, 0.15) is 152 Å². The number of phenolic OH excluding ortho intramolecular Hbond substituents is 1. The second-order valence-electron chi connectivity index (χ2n) is 35.8. The SMILES string of the molecule is CC[C@H](C)[C@H](NC(=O)[C@@H](NC(=O)[C@@H](NC(=O)[C@H](CO)NC(=O)[C@H](CC(=O)O)NC(=O)[C@H](CO)NC(=O)[C@H](CC(C)C)NC(=O)[C@H](CO)NC(=O)CNC(=O)[C@@H](NC(=O)[C@H](C)NC(=O)[C@@H](NC(=O)[C@H](CC(=O)O)NC(=O)[C@@H]1CCCN1C(=O)[C@H](Cc1ccc(O)cc1)NC(=O)[C@H](CO)NC(=O)[C@@H](N)CC(N)=O)C(C)C)C(C)C)C(C)C)[C@@H](C)O)C(=O)N[C@@H](Cc1ccccc1)C(=O)N[C@@H](CCCNC(=N)N)C(=O)O. The Morgan fingerprint density at radius 2 is 0.811 bits per heavy atom. The molecule has 0 radical (unpaired) electrons. The summed E-state index contributed by atoms with van der Waals surface area (Å²) in [6.07, 6.45) is -5.11. The minimum absolute atomic E-state index is 0.0626. The van der Waals surface area contributed by atoms with Gasteiger partial charge in [-0.25, -0.2) is 4.79 Å². The number of nitrogens with two attached hydrogens (primary N) is 3. The van der Waals surface area contributed by atoms with Gasteiger partial charge >= 0.3 is 17.9 Å². The number of carbonyl (C=O) groups is 22. The zero-order valence-corrected chi connectivity index (χ0v) is 81.5. The van der Waals surface area contributed by atoms with E-state index in [9.17, 15) is 151 Å². The molecule has 20 atom stereocenters. The molecule has 0 spiro atoms. The highest BCUT2D eigenvalue weighted by Gasteiger charge is 2.44. The molecule has 34 N–H and O–H groups in total. The van der Waals surface area contributed by atoms with Crippen molar-refractivity contribution >= 4 is 136 Å². The van der Waals surface area contributed by atoms with Crippen molar-refractivity contribution in [1.82, 2.24) is 101 Å². The molecule has 1 heterocycles. The van der Waals surface area contributed by atoms with Gasteiger partial charge in [0.15, 0.2) is 5.96 Å². The number of carboxylic acids is 3. The molecule has 0 saturated carbocycles. The number of hydrogen-bond donors (Lipinski definition) is 31. The molecule has 1 saturated heterocycles. The summed E-state index contributed by atoms with van der Waals surface area (Å²) >= 11 is 0. The number of amides is 19. The van der Waals surface area contributed by atoms with Crippen LogP contribution in [0, 0.1) is 35.0 Å². The van der Waals surface area contributed by atoms with E-state index in [2.05, 4.69) is 85.1 Å². The number of primary amides is 1. The Bertz CT molecular complexity index is 4760. The monoisotopic (exact) mass is 2030 g/mol. The number of benzene rings is 2. The van der Waals surface area contributed by atoms with Crippen molar-refractivity contribution in [2.45, 2.75) is 269 Å². The van der Waals surface area contributed by atoms with E-state index in [0.717, 1.165) is 11.8 Å². The van der Waals surface area contributed by atoms with Gasteiger partial charge in [-0.3, -0.25) is 106 Å². The van der Waals surface area contributed by atoms with Crippen LogP contribution in [0.2, 0.25) is 0 Å². The van der Waals surface area contributed by atoms with Crippen molar-refractivity contribution in [3.63, 3.8) is 0 Å². The van der Waals surface area contributed by atoms with E-state index < -0.39 is 327 Å². The third-order valence-corrected chi connectivity index (χ3v) is 22.5. The summed E-state index contributed by atoms with van der Waals surface area (Å²) in [5.41, 5.74) is 17.1. The molecule has 2 aromatic carbocycles. The molecule has 0 unspecified atom stereocenters. The van der Waals surface area contributed by atoms with Crippen molar-refractivity contribution in [2.75, 3.05) is 46.1 Å². The minimum atomic E-state index is -2.19. The number of aliphatic hydroxyl groups excluding tert-OH is 5. The standard InChI is InChI=1S/C89H139N23O31/c1-13-44(10)69(85(139)102-53(30-47-19-15-14-16-20-47)74(128)98-51(88(142)143)21-17-27-94-89(92)93)110-86(140)70(46(12)117)111-84(138)68(43(8)9)109-80(134)60(39-116)106-75(129)54(33-64(121)122)100-78(132)59(38-115)105-73(127)52(29-40(2)3)99-77(131)57(36-113)97-63(120)35-95-82(136)66(41(4)5)107-71(125)45(11)96-83(137)67(42(6)7)108-76(130)55(34-65(123)124)101-81(135)61-22-18-28-112(61)87(141)56(31-48-23-25-49(118)26-24-48)103-79(133)58(37-114)104-72(126)50(90)32-62(91)119/h14-16,19-20,23-26,40-46,50-61,66-70,113-118H,13,17-18,21-22,27-39,90H2,1-12H3,(H2,91,119)(H,95,136)(H,96,137)(H,97,120)(H,98,128)(H,99,131)(H,100,132)(H,101,135)(H,102,139)(H,103,133)(H,104,126)(H,105,127)(H,106,129)(H,107,125)(H,108,130)(H,109,134)(H,110,140)(H,111,138)(H,121,122)(H,123,124)(H,142,143)(H4,92,93,94)/t44-,45-,46+,50-,51-,52-,53-,54-,55-,56-,57-,58-,59-,60-,61-,66-,67-,68-,69-,70-/m0/s1. The van der Waals surface area contributed by atoms with E-state index in [1.807, 2.05) is 10.6 Å². The Morgan fingerprint density at radius 1 is 0.420 bits per heavy atom. The third-order valence-electron chi connectivity index (χ3n) is 22.5. The fourth-order valence-electron chi connectivity index (χ4n) is 14.3. The van der Waals surface area contributed by atoms with Gasteiger partial charge in [0, 0.05) is 25.9 Å². The van der Waals surface area contributed by atoms with Crippen molar-refractivity contribution in [2.24, 2.45) is 46.8 Å². The number of likely N-dealkylation sites (tertiary alicyclic amines) is 1. The first kappa shape index (κ1) is 123. The van der Waals surface area contributed by atoms with Gasteiger partial charge in [-0.05, 0) is 98.8 Å². The quantitative estimate of drug-likeness (QED) is 0.0166. The molecule has 1 aliphatic heterocycles. The summed E-state index contributed by atoms with van der Waals surface area (Å²) in [6, 6.07) is -17.0. The molecule has 1 fully saturated rings. The summed E-state index contributed by atoms with van der Waals surface area (Å²) in [4.78, 5) is 299. The molecule has 796 valence electrons. The maximum absolute atomic E-state index is 14.5. The Hall–Kier alpha value is -14.4. The molecule has 54 heteroatoms. The molecule has 0 aliphatic carbocycles. The number of rotatable bonds is 62.